The van der Waals surface area contributed by atoms with Gasteiger partial charge < -0.3 is 4.74 Å². The van der Waals surface area contributed by atoms with Crippen LogP contribution in [0.5, 0.6) is 5.75 Å². The second kappa shape index (κ2) is 7.01. The molecule has 3 rings (SSSR count). The zero-order chi connectivity index (χ0) is 18.0. The predicted molar refractivity (Wildman–Crippen MR) is 101 cm³/mol. The number of halogens is 1. The molecule has 0 saturated heterocycles. The number of aromatic nitrogens is 2. The number of ether oxygens (including phenoxy) is 1. The second-order valence-electron chi connectivity index (χ2n) is 5.56. The molecular weight excluding hydrogens is 404 g/mol. The number of hydrogen-bond acceptors (Lipinski definition) is 4. The second-order valence-corrected chi connectivity index (χ2v) is 8.14. The van der Waals surface area contributed by atoms with E-state index in [2.05, 4.69) is 21.0 Å². The summed E-state index contributed by atoms with van der Waals surface area (Å²) in [5.41, 5.74) is 3.57. The first kappa shape index (κ1) is 17.7. The zero-order valence-electron chi connectivity index (χ0n) is 13.8. The number of alkyl halides is 1. The van der Waals surface area contributed by atoms with Crippen molar-refractivity contribution < 1.29 is 13.2 Å². The lowest BCUT2D eigenvalue weighted by molar-refractivity contribution is 0.414. The van der Waals surface area contributed by atoms with E-state index in [0.29, 0.717) is 10.2 Å². The molecule has 0 aliphatic heterocycles. The molecule has 0 spiro atoms. The summed E-state index contributed by atoms with van der Waals surface area (Å²) in [6, 6.07) is 16.4. The first-order valence-corrected chi connectivity index (χ1v) is 10.5. The van der Waals surface area contributed by atoms with E-state index in [4.69, 9.17) is 4.74 Å². The largest absolute Gasteiger partial charge is 0.497 e. The SMILES string of the molecule is COc1ccc(-n2nc(CBr)cc2-c2ccc(S(C)(=O)=O)cc2)cc1. The van der Waals surface area contributed by atoms with Gasteiger partial charge in [-0.15, -0.1) is 0 Å². The van der Waals surface area contributed by atoms with E-state index in [1.54, 1.807) is 31.4 Å². The van der Waals surface area contributed by atoms with Crippen molar-refractivity contribution >= 4 is 25.8 Å². The Hall–Kier alpha value is -2.12. The third-order valence-corrected chi connectivity index (χ3v) is 5.50. The van der Waals surface area contributed by atoms with Gasteiger partial charge in [0.05, 0.1) is 29.1 Å². The van der Waals surface area contributed by atoms with E-state index in [9.17, 15) is 8.42 Å². The smallest absolute Gasteiger partial charge is 0.175 e. The normalized spacial score (nSPS) is 11.5. The van der Waals surface area contributed by atoms with E-state index >= 15 is 0 Å². The molecule has 0 atom stereocenters. The van der Waals surface area contributed by atoms with Crippen LogP contribution in [0, 0.1) is 0 Å². The molecule has 0 aliphatic carbocycles. The van der Waals surface area contributed by atoms with E-state index in [1.807, 2.05) is 35.0 Å². The lowest BCUT2D eigenvalue weighted by Gasteiger charge is -2.09. The van der Waals surface area contributed by atoms with Gasteiger partial charge in [-0.05, 0) is 42.5 Å². The summed E-state index contributed by atoms with van der Waals surface area (Å²) in [4.78, 5) is 0.299. The summed E-state index contributed by atoms with van der Waals surface area (Å²) >= 11 is 3.44. The van der Waals surface area contributed by atoms with Gasteiger partial charge in [-0.1, -0.05) is 28.1 Å². The van der Waals surface area contributed by atoms with Crippen LogP contribution in [0.15, 0.2) is 59.5 Å². The monoisotopic (exact) mass is 420 g/mol. The van der Waals surface area contributed by atoms with E-state index < -0.39 is 9.84 Å². The van der Waals surface area contributed by atoms with Gasteiger partial charge in [0.1, 0.15) is 5.75 Å². The molecule has 7 heteroatoms. The lowest BCUT2D eigenvalue weighted by Crippen LogP contribution is -2.00. The van der Waals surface area contributed by atoms with Crippen LogP contribution < -0.4 is 4.74 Å². The molecule has 2 aromatic carbocycles. The van der Waals surface area contributed by atoms with Gasteiger partial charge in [0.15, 0.2) is 9.84 Å². The molecule has 0 aliphatic rings. The first-order valence-electron chi connectivity index (χ1n) is 7.52. The summed E-state index contributed by atoms with van der Waals surface area (Å²) in [6.45, 7) is 0. The van der Waals surface area contributed by atoms with E-state index in [0.717, 1.165) is 28.4 Å². The number of sulfone groups is 1. The zero-order valence-corrected chi connectivity index (χ0v) is 16.2. The summed E-state index contributed by atoms with van der Waals surface area (Å²) < 4.78 is 30.3. The van der Waals surface area contributed by atoms with Crippen molar-refractivity contribution in [1.82, 2.24) is 9.78 Å². The lowest BCUT2D eigenvalue weighted by atomic mass is 10.1. The van der Waals surface area contributed by atoms with Gasteiger partial charge in [-0.3, -0.25) is 0 Å². The fourth-order valence-electron chi connectivity index (χ4n) is 2.49. The van der Waals surface area contributed by atoms with Crippen molar-refractivity contribution in [3.8, 4) is 22.7 Å². The Bertz CT molecular complexity index is 978. The number of methoxy groups -OCH3 is 1. The molecule has 0 saturated carbocycles. The van der Waals surface area contributed by atoms with Crippen molar-refractivity contribution in [2.45, 2.75) is 10.2 Å². The highest BCUT2D eigenvalue weighted by Crippen LogP contribution is 2.27. The number of rotatable bonds is 5. The highest BCUT2D eigenvalue weighted by atomic mass is 79.9. The van der Waals surface area contributed by atoms with Crippen LogP contribution in [0.1, 0.15) is 5.69 Å². The fraction of sp³-hybridized carbons (Fsp3) is 0.167. The van der Waals surface area contributed by atoms with Gasteiger partial charge in [0.25, 0.3) is 0 Å². The highest BCUT2D eigenvalue weighted by Gasteiger charge is 2.13. The molecule has 1 heterocycles. The quantitative estimate of drug-likeness (QED) is 0.588. The van der Waals surface area contributed by atoms with Crippen LogP contribution in [0.4, 0.5) is 0 Å². The van der Waals surface area contributed by atoms with Gasteiger partial charge >= 0.3 is 0 Å². The maximum absolute atomic E-state index is 11.6. The summed E-state index contributed by atoms with van der Waals surface area (Å²) in [5.74, 6) is 0.774. The predicted octanol–water partition coefficient (Wildman–Crippen LogP) is 3.85. The molecule has 0 unspecified atom stereocenters. The van der Waals surface area contributed by atoms with Crippen LogP contribution in [0.25, 0.3) is 16.9 Å². The molecule has 0 amide bonds. The Morgan fingerprint density at radius 1 is 1.08 bits per heavy atom. The van der Waals surface area contributed by atoms with E-state index in [1.165, 1.54) is 6.26 Å². The summed E-state index contributed by atoms with van der Waals surface area (Å²) in [5, 5.41) is 5.24. The minimum absolute atomic E-state index is 0.299. The Balaban J connectivity index is 2.08. The molecule has 0 bridgehead atoms. The Morgan fingerprint density at radius 3 is 2.24 bits per heavy atom. The molecule has 130 valence electrons. The van der Waals surface area contributed by atoms with Crippen LogP contribution in [0.3, 0.4) is 0 Å². The standard InChI is InChI=1S/C18H17BrN2O3S/c1-24-16-7-5-15(6-8-16)21-18(11-14(12-19)20-21)13-3-9-17(10-4-13)25(2,22)23/h3-11H,12H2,1-2H3. The summed E-state index contributed by atoms with van der Waals surface area (Å²) in [6.07, 6.45) is 1.20. The molecule has 3 aromatic rings. The topological polar surface area (TPSA) is 61.2 Å². The maximum Gasteiger partial charge on any atom is 0.175 e. The third kappa shape index (κ3) is 3.77. The maximum atomic E-state index is 11.6. The molecule has 5 nitrogen and oxygen atoms in total. The molecule has 0 N–H and O–H groups in total. The minimum Gasteiger partial charge on any atom is -0.497 e. The Kier molecular flexibility index (Phi) is 4.96. The first-order chi connectivity index (χ1) is 11.9. The molecular formula is C18H17BrN2O3S. The molecule has 25 heavy (non-hydrogen) atoms. The molecule has 1 aromatic heterocycles. The average Bonchev–Trinajstić information content (AvgIpc) is 3.05. The Morgan fingerprint density at radius 2 is 1.72 bits per heavy atom. The summed E-state index contributed by atoms with van der Waals surface area (Å²) in [7, 11) is -1.59. The van der Waals surface area contributed by atoms with Crippen LogP contribution in [-0.4, -0.2) is 31.6 Å². The van der Waals surface area contributed by atoms with Gasteiger partial charge in [-0.2, -0.15) is 5.10 Å². The number of benzene rings is 2. The number of nitrogens with zero attached hydrogens (tertiary/aromatic N) is 2. The van der Waals surface area contributed by atoms with Crippen LogP contribution >= 0.6 is 15.9 Å². The molecule has 0 radical (unpaired) electrons. The van der Waals surface area contributed by atoms with Gasteiger partial charge in [-0.25, -0.2) is 13.1 Å². The van der Waals surface area contributed by atoms with Crippen molar-refractivity contribution in [3.63, 3.8) is 0 Å². The fourth-order valence-corrected chi connectivity index (χ4v) is 3.40. The average molecular weight is 421 g/mol. The van der Waals surface area contributed by atoms with Crippen LogP contribution in [0.2, 0.25) is 0 Å². The van der Waals surface area contributed by atoms with Crippen molar-refractivity contribution in [2.24, 2.45) is 0 Å². The Labute approximate surface area is 155 Å². The van der Waals surface area contributed by atoms with Crippen molar-refractivity contribution in [2.75, 3.05) is 13.4 Å². The minimum atomic E-state index is -3.22. The van der Waals surface area contributed by atoms with Gasteiger partial charge in [0.2, 0.25) is 0 Å². The van der Waals surface area contributed by atoms with Gasteiger partial charge in [0, 0.05) is 17.1 Å². The highest BCUT2D eigenvalue weighted by molar-refractivity contribution is 9.08. The molecule has 0 fully saturated rings. The van der Waals surface area contributed by atoms with Crippen molar-refractivity contribution in [3.05, 3.63) is 60.3 Å². The van der Waals surface area contributed by atoms with Crippen LogP contribution in [-0.2, 0) is 15.2 Å². The van der Waals surface area contributed by atoms with E-state index in [-0.39, 0.29) is 0 Å². The number of hydrogen-bond donors (Lipinski definition) is 0. The van der Waals surface area contributed by atoms with Crippen molar-refractivity contribution in [1.29, 1.82) is 0 Å². The third-order valence-electron chi connectivity index (χ3n) is 3.79.